The first-order chi connectivity index (χ1) is 12.2. The number of methoxy groups -OCH3 is 1. The van der Waals surface area contributed by atoms with Gasteiger partial charge in [0.25, 0.3) is 5.91 Å². The Kier molecular flexibility index (Phi) is 3.70. The predicted octanol–water partition coefficient (Wildman–Crippen LogP) is 3.97. The maximum atomic E-state index is 12.1. The fraction of sp³-hybridized carbons (Fsp3) is 0.0526. The van der Waals surface area contributed by atoms with Crippen molar-refractivity contribution in [2.45, 2.75) is 0 Å². The van der Waals surface area contributed by atoms with E-state index < -0.39 is 0 Å². The van der Waals surface area contributed by atoms with Crippen LogP contribution in [0.1, 0.15) is 5.76 Å². The van der Waals surface area contributed by atoms with E-state index >= 15 is 0 Å². The highest BCUT2D eigenvalue weighted by atomic mass is 16.5. The van der Waals surface area contributed by atoms with Crippen molar-refractivity contribution in [3.8, 4) is 5.75 Å². The van der Waals surface area contributed by atoms with Crippen molar-refractivity contribution < 1.29 is 13.9 Å². The lowest BCUT2D eigenvalue weighted by molar-refractivity contribution is -0.111. The molecule has 4 aromatic rings. The second-order valence-corrected chi connectivity index (χ2v) is 5.45. The van der Waals surface area contributed by atoms with Gasteiger partial charge in [0.15, 0.2) is 11.3 Å². The molecule has 0 saturated heterocycles. The molecule has 0 atom stereocenters. The van der Waals surface area contributed by atoms with Crippen LogP contribution in [-0.4, -0.2) is 23.0 Å². The number of H-pyrrole nitrogens is 1. The summed E-state index contributed by atoms with van der Waals surface area (Å²) in [6.45, 7) is 0. The maximum Gasteiger partial charge on any atom is 0.250 e. The number of nitrogens with one attached hydrogen (secondary N) is 2. The van der Waals surface area contributed by atoms with Crippen molar-refractivity contribution in [1.82, 2.24) is 9.97 Å². The van der Waals surface area contributed by atoms with Crippen molar-refractivity contribution in [3.05, 3.63) is 60.4 Å². The van der Waals surface area contributed by atoms with Crippen LogP contribution in [0.4, 0.5) is 5.95 Å². The molecule has 2 aromatic heterocycles. The lowest BCUT2D eigenvalue weighted by Crippen LogP contribution is -2.08. The van der Waals surface area contributed by atoms with Crippen LogP contribution in [0.3, 0.4) is 0 Å². The molecule has 2 heterocycles. The van der Waals surface area contributed by atoms with Crippen LogP contribution in [0.2, 0.25) is 0 Å². The number of amides is 1. The summed E-state index contributed by atoms with van der Waals surface area (Å²) < 4.78 is 11.0. The van der Waals surface area contributed by atoms with Gasteiger partial charge in [-0.15, -0.1) is 0 Å². The summed E-state index contributed by atoms with van der Waals surface area (Å²) in [5.41, 5.74) is 2.32. The predicted molar refractivity (Wildman–Crippen MR) is 96.5 cm³/mol. The van der Waals surface area contributed by atoms with Gasteiger partial charge in [0.2, 0.25) is 5.95 Å². The monoisotopic (exact) mass is 333 g/mol. The first kappa shape index (κ1) is 15.0. The van der Waals surface area contributed by atoms with E-state index in [1.54, 1.807) is 13.2 Å². The van der Waals surface area contributed by atoms with Crippen LogP contribution in [0.25, 0.3) is 28.1 Å². The number of rotatable bonds is 4. The Bertz CT molecular complexity index is 1060. The maximum absolute atomic E-state index is 12.1. The third-order valence-corrected chi connectivity index (χ3v) is 3.78. The highest BCUT2D eigenvalue weighted by Gasteiger charge is 2.08. The normalized spacial score (nSPS) is 11.4. The molecule has 6 nitrogen and oxygen atoms in total. The van der Waals surface area contributed by atoms with Crippen LogP contribution in [0, 0.1) is 0 Å². The molecule has 1 amide bonds. The first-order valence-electron chi connectivity index (χ1n) is 7.73. The number of carbonyl (C=O) groups excluding carboxylic acids is 1. The molecule has 0 aliphatic heterocycles. The third-order valence-electron chi connectivity index (χ3n) is 3.78. The number of hydrogen-bond donors (Lipinski definition) is 2. The fourth-order valence-electron chi connectivity index (χ4n) is 2.63. The average Bonchev–Trinajstić information content (AvgIpc) is 3.22. The summed E-state index contributed by atoms with van der Waals surface area (Å²) >= 11 is 0. The molecule has 25 heavy (non-hydrogen) atoms. The van der Waals surface area contributed by atoms with E-state index in [0.29, 0.717) is 23.0 Å². The smallest absolute Gasteiger partial charge is 0.250 e. The Hall–Kier alpha value is -3.54. The van der Waals surface area contributed by atoms with Gasteiger partial charge in [-0.3, -0.25) is 10.1 Å². The summed E-state index contributed by atoms with van der Waals surface area (Å²) in [6.07, 6.45) is 3.01. The zero-order chi connectivity index (χ0) is 17.2. The molecule has 0 bridgehead atoms. The van der Waals surface area contributed by atoms with Gasteiger partial charge in [0.05, 0.1) is 18.1 Å². The van der Waals surface area contributed by atoms with Crippen LogP contribution < -0.4 is 10.1 Å². The molecule has 4 rings (SSSR count). The van der Waals surface area contributed by atoms with E-state index in [9.17, 15) is 4.79 Å². The van der Waals surface area contributed by atoms with Crippen molar-refractivity contribution in [3.63, 3.8) is 0 Å². The Balaban J connectivity index is 1.52. The van der Waals surface area contributed by atoms with E-state index in [2.05, 4.69) is 15.3 Å². The standard InChI is InChI=1S/C19H15N3O3/c1-24-16-8-4-5-12-11-13(25-18(12)16)9-10-17(23)22-19-20-14-6-2-3-7-15(14)21-19/h2-11H,1H3,(H2,20,21,22,23)/b10-9+. The number of fused-ring (bicyclic) bond motifs is 2. The van der Waals surface area contributed by atoms with E-state index in [0.717, 1.165) is 16.4 Å². The van der Waals surface area contributed by atoms with Crippen LogP contribution in [0.5, 0.6) is 5.75 Å². The molecule has 0 radical (unpaired) electrons. The largest absolute Gasteiger partial charge is 0.493 e. The molecular formula is C19H15N3O3. The van der Waals surface area contributed by atoms with Gasteiger partial charge < -0.3 is 14.1 Å². The number of para-hydroxylation sites is 3. The number of aromatic nitrogens is 2. The molecule has 0 fully saturated rings. The molecule has 6 heteroatoms. The van der Waals surface area contributed by atoms with Crippen molar-refractivity contribution in [2.75, 3.05) is 12.4 Å². The second kappa shape index (κ2) is 6.16. The average molecular weight is 333 g/mol. The van der Waals surface area contributed by atoms with E-state index in [4.69, 9.17) is 9.15 Å². The lowest BCUT2D eigenvalue weighted by Gasteiger charge is -1.98. The third kappa shape index (κ3) is 2.97. The number of nitrogens with zero attached hydrogens (tertiary/aromatic N) is 1. The molecule has 0 aliphatic carbocycles. The molecule has 0 unspecified atom stereocenters. The highest BCUT2D eigenvalue weighted by molar-refractivity contribution is 6.01. The van der Waals surface area contributed by atoms with Gasteiger partial charge in [-0.2, -0.15) is 0 Å². The summed E-state index contributed by atoms with van der Waals surface area (Å²) in [5, 5.41) is 3.61. The van der Waals surface area contributed by atoms with Crippen molar-refractivity contribution >= 4 is 39.9 Å². The van der Waals surface area contributed by atoms with Gasteiger partial charge in [-0.25, -0.2) is 4.98 Å². The second-order valence-electron chi connectivity index (χ2n) is 5.45. The quantitative estimate of drug-likeness (QED) is 0.554. The van der Waals surface area contributed by atoms with Gasteiger partial charge >= 0.3 is 0 Å². The Labute approximate surface area is 143 Å². The minimum absolute atomic E-state index is 0.300. The summed E-state index contributed by atoms with van der Waals surface area (Å²) in [7, 11) is 1.59. The van der Waals surface area contributed by atoms with Crippen LogP contribution in [0.15, 0.2) is 59.0 Å². The number of hydrogen-bond acceptors (Lipinski definition) is 4. The number of carbonyl (C=O) groups is 1. The van der Waals surface area contributed by atoms with Gasteiger partial charge in [0.1, 0.15) is 5.76 Å². The minimum Gasteiger partial charge on any atom is -0.493 e. The zero-order valence-corrected chi connectivity index (χ0v) is 13.4. The summed E-state index contributed by atoms with van der Waals surface area (Å²) in [4.78, 5) is 19.4. The Morgan fingerprint density at radius 3 is 2.96 bits per heavy atom. The molecule has 2 aromatic carbocycles. The number of aromatic amines is 1. The number of imidazole rings is 1. The minimum atomic E-state index is -0.300. The topological polar surface area (TPSA) is 80.1 Å². The van der Waals surface area contributed by atoms with Crippen LogP contribution >= 0.6 is 0 Å². The van der Waals surface area contributed by atoms with Gasteiger partial charge in [-0.1, -0.05) is 24.3 Å². The van der Waals surface area contributed by atoms with Crippen molar-refractivity contribution in [1.29, 1.82) is 0 Å². The lowest BCUT2D eigenvalue weighted by atomic mass is 10.2. The van der Waals surface area contributed by atoms with Gasteiger partial charge in [0, 0.05) is 11.5 Å². The highest BCUT2D eigenvalue weighted by Crippen LogP contribution is 2.28. The Morgan fingerprint density at radius 2 is 2.12 bits per heavy atom. The SMILES string of the molecule is COc1cccc2cc(/C=C/C(=O)Nc3nc4ccccc4[nH]3)oc12. The number of furan rings is 1. The molecule has 0 saturated carbocycles. The first-order valence-corrected chi connectivity index (χ1v) is 7.73. The van der Waals surface area contributed by atoms with E-state index in [-0.39, 0.29) is 5.91 Å². The van der Waals surface area contributed by atoms with E-state index in [1.807, 2.05) is 48.5 Å². The number of anilines is 1. The molecular weight excluding hydrogens is 318 g/mol. The number of benzene rings is 2. The van der Waals surface area contributed by atoms with Crippen LogP contribution in [-0.2, 0) is 4.79 Å². The number of ether oxygens (including phenoxy) is 1. The molecule has 124 valence electrons. The summed E-state index contributed by atoms with van der Waals surface area (Å²) in [6, 6.07) is 15.1. The molecule has 0 aliphatic rings. The Morgan fingerprint density at radius 1 is 1.24 bits per heavy atom. The van der Waals surface area contributed by atoms with Gasteiger partial charge in [-0.05, 0) is 30.3 Å². The molecule has 0 spiro atoms. The summed E-state index contributed by atoms with van der Waals surface area (Å²) in [5.74, 6) is 1.33. The molecule has 2 N–H and O–H groups in total. The van der Waals surface area contributed by atoms with Crippen molar-refractivity contribution in [2.24, 2.45) is 0 Å². The van der Waals surface area contributed by atoms with E-state index in [1.165, 1.54) is 6.08 Å². The fourth-order valence-corrected chi connectivity index (χ4v) is 2.63. The zero-order valence-electron chi connectivity index (χ0n) is 13.4.